The second-order valence-corrected chi connectivity index (χ2v) is 8.31. The normalized spacial score (nSPS) is 15.2. The maximum atomic E-state index is 12.9. The Morgan fingerprint density at radius 3 is 2.47 bits per heavy atom. The van der Waals surface area contributed by atoms with E-state index in [0.29, 0.717) is 59.7 Å². The van der Waals surface area contributed by atoms with E-state index < -0.39 is 11.7 Å². The van der Waals surface area contributed by atoms with Crippen LogP contribution >= 0.6 is 23.2 Å². The summed E-state index contributed by atoms with van der Waals surface area (Å²) in [5, 5.41) is 4.74. The van der Waals surface area contributed by atoms with Crippen LogP contribution in [-0.4, -0.2) is 47.0 Å². The first-order valence-electron chi connectivity index (χ1n) is 9.80. The summed E-state index contributed by atoms with van der Waals surface area (Å²) in [6.07, 6.45) is -4.37. The molecule has 0 N–H and O–H groups in total. The lowest BCUT2D eigenvalue weighted by atomic mass is 10.1. The zero-order chi connectivity index (χ0) is 22.9. The van der Waals surface area contributed by atoms with Gasteiger partial charge >= 0.3 is 6.18 Å². The molecule has 0 atom stereocenters. The monoisotopic (exact) mass is 483 g/mol. The van der Waals surface area contributed by atoms with Crippen molar-refractivity contribution in [3.05, 3.63) is 75.4 Å². The minimum absolute atomic E-state index is 0.164. The number of carbonyl (C=O) groups excluding carboxylic acids is 1. The van der Waals surface area contributed by atoms with Crippen LogP contribution in [0.4, 0.5) is 13.2 Å². The highest BCUT2D eigenvalue weighted by Gasteiger charge is 2.31. The third kappa shape index (κ3) is 5.09. The van der Waals surface area contributed by atoms with E-state index in [2.05, 4.69) is 5.16 Å². The number of amides is 1. The molecule has 1 fully saturated rings. The maximum absolute atomic E-state index is 12.9. The van der Waals surface area contributed by atoms with Crippen molar-refractivity contribution in [2.75, 3.05) is 26.2 Å². The van der Waals surface area contributed by atoms with Gasteiger partial charge in [0.1, 0.15) is 0 Å². The van der Waals surface area contributed by atoms with Gasteiger partial charge in [0.05, 0.1) is 10.6 Å². The lowest BCUT2D eigenvalue weighted by Crippen LogP contribution is -2.48. The van der Waals surface area contributed by atoms with Crippen LogP contribution in [0.3, 0.4) is 0 Å². The Balaban J connectivity index is 1.37. The summed E-state index contributed by atoms with van der Waals surface area (Å²) >= 11 is 12.1. The van der Waals surface area contributed by atoms with Gasteiger partial charge in [-0.3, -0.25) is 9.69 Å². The quantitative estimate of drug-likeness (QED) is 0.482. The molecule has 1 aliphatic heterocycles. The molecule has 0 bridgehead atoms. The summed E-state index contributed by atoms with van der Waals surface area (Å²) < 4.78 is 44.0. The number of alkyl halides is 3. The van der Waals surface area contributed by atoms with Gasteiger partial charge in [0.2, 0.25) is 0 Å². The Hall–Kier alpha value is -2.55. The van der Waals surface area contributed by atoms with Crippen LogP contribution < -0.4 is 0 Å². The molecule has 2 heterocycles. The Bertz CT molecular complexity index is 1130. The summed E-state index contributed by atoms with van der Waals surface area (Å²) in [6.45, 7) is 2.32. The summed E-state index contributed by atoms with van der Waals surface area (Å²) in [4.78, 5) is 16.5. The minimum atomic E-state index is -4.37. The molecule has 3 aromatic rings. The van der Waals surface area contributed by atoms with Crippen LogP contribution in [0.5, 0.6) is 0 Å². The van der Waals surface area contributed by atoms with E-state index in [1.807, 2.05) is 4.90 Å². The van der Waals surface area contributed by atoms with E-state index in [1.54, 1.807) is 29.2 Å². The zero-order valence-electron chi connectivity index (χ0n) is 16.7. The first-order valence-corrected chi connectivity index (χ1v) is 10.6. The average molecular weight is 484 g/mol. The number of nitrogens with zero attached hydrogens (tertiary/aromatic N) is 3. The smallest absolute Gasteiger partial charge is 0.355 e. The highest BCUT2D eigenvalue weighted by molar-refractivity contribution is 6.36. The molecule has 10 heteroatoms. The zero-order valence-corrected chi connectivity index (χ0v) is 18.2. The van der Waals surface area contributed by atoms with Crippen molar-refractivity contribution < 1.29 is 22.5 Å². The van der Waals surface area contributed by atoms with Gasteiger partial charge in [-0.15, -0.1) is 0 Å². The molecule has 0 aliphatic carbocycles. The number of halogens is 5. The van der Waals surface area contributed by atoms with Gasteiger partial charge in [-0.25, -0.2) is 0 Å². The Morgan fingerprint density at radius 1 is 1.03 bits per heavy atom. The lowest BCUT2D eigenvalue weighted by Gasteiger charge is -2.34. The molecule has 2 aromatic carbocycles. The number of benzene rings is 2. The number of rotatable bonds is 4. The molecular weight excluding hydrogens is 466 g/mol. The fourth-order valence-corrected chi connectivity index (χ4v) is 4.07. The average Bonchev–Trinajstić information content (AvgIpc) is 3.23. The van der Waals surface area contributed by atoms with Crippen LogP contribution in [0, 0.1) is 0 Å². The standard InChI is InChI=1S/C22H18Cl2F3N3O2/c23-16-4-5-17(18(24)11-16)20-12-19(28-32-20)21(31)30-8-6-29(7-9-30)13-14-2-1-3-15(10-14)22(25,26)27/h1-5,10-12H,6-9,13H2. The molecule has 1 aliphatic rings. The predicted molar refractivity (Wildman–Crippen MR) is 115 cm³/mol. The molecule has 0 unspecified atom stereocenters. The third-order valence-electron chi connectivity index (χ3n) is 5.25. The molecule has 5 nitrogen and oxygen atoms in total. The van der Waals surface area contributed by atoms with Gasteiger partial charge in [0.15, 0.2) is 11.5 Å². The second kappa shape index (κ2) is 9.13. The number of hydrogen-bond acceptors (Lipinski definition) is 4. The number of carbonyl (C=O) groups is 1. The fraction of sp³-hybridized carbons (Fsp3) is 0.273. The molecule has 1 aromatic heterocycles. The topological polar surface area (TPSA) is 49.6 Å². The summed E-state index contributed by atoms with van der Waals surface area (Å²) in [5.41, 5.74) is 0.665. The van der Waals surface area contributed by atoms with E-state index in [1.165, 1.54) is 12.1 Å². The van der Waals surface area contributed by atoms with Gasteiger partial charge in [-0.1, -0.05) is 46.6 Å². The minimum Gasteiger partial charge on any atom is -0.355 e. The summed E-state index contributed by atoms with van der Waals surface area (Å²) in [6, 6.07) is 11.8. The maximum Gasteiger partial charge on any atom is 0.416 e. The van der Waals surface area contributed by atoms with Crippen LogP contribution in [0.15, 0.2) is 53.1 Å². The van der Waals surface area contributed by atoms with Gasteiger partial charge in [0.25, 0.3) is 5.91 Å². The molecule has 168 valence electrons. The lowest BCUT2D eigenvalue weighted by molar-refractivity contribution is -0.137. The van der Waals surface area contributed by atoms with E-state index in [9.17, 15) is 18.0 Å². The molecule has 4 rings (SSSR count). The van der Waals surface area contributed by atoms with E-state index in [0.717, 1.165) is 12.1 Å². The molecule has 1 amide bonds. The van der Waals surface area contributed by atoms with Crippen LogP contribution in [-0.2, 0) is 12.7 Å². The van der Waals surface area contributed by atoms with E-state index in [-0.39, 0.29) is 11.6 Å². The highest BCUT2D eigenvalue weighted by Crippen LogP contribution is 2.31. The first kappa shape index (κ1) is 22.6. The third-order valence-corrected chi connectivity index (χ3v) is 5.79. The van der Waals surface area contributed by atoms with Crippen molar-refractivity contribution in [1.82, 2.24) is 15.0 Å². The molecule has 0 radical (unpaired) electrons. The number of hydrogen-bond donors (Lipinski definition) is 0. The predicted octanol–water partition coefficient (Wildman–Crippen LogP) is 5.63. The van der Waals surface area contributed by atoms with Crippen molar-refractivity contribution in [3.8, 4) is 11.3 Å². The largest absolute Gasteiger partial charge is 0.416 e. The number of piperazine rings is 1. The van der Waals surface area contributed by atoms with Crippen LogP contribution in [0.2, 0.25) is 10.0 Å². The molecule has 32 heavy (non-hydrogen) atoms. The number of aromatic nitrogens is 1. The fourth-order valence-electron chi connectivity index (χ4n) is 3.57. The van der Waals surface area contributed by atoms with Crippen molar-refractivity contribution in [1.29, 1.82) is 0 Å². The van der Waals surface area contributed by atoms with Gasteiger partial charge < -0.3 is 9.42 Å². The van der Waals surface area contributed by atoms with Crippen molar-refractivity contribution >= 4 is 29.1 Å². The van der Waals surface area contributed by atoms with Crippen molar-refractivity contribution in [2.24, 2.45) is 0 Å². The molecule has 0 saturated carbocycles. The first-order chi connectivity index (χ1) is 15.2. The SMILES string of the molecule is O=C(c1cc(-c2ccc(Cl)cc2Cl)on1)N1CCN(Cc2cccc(C(F)(F)F)c2)CC1. The molecule has 1 saturated heterocycles. The van der Waals surface area contributed by atoms with Gasteiger partial charge in [-0.05, 0) is 29.8 Å². The second-order valence-electron chi connectivity index (χ2n) is 7.47. The Labute approximate surface area is 192 Å². The van der Waals surface area contributed by atoms with E-state index >= 15 is 0 Å². The van der Waals surface area contributed by atoms with Crippen molar-refractivity contribution in [3.63, 3.8) is 0 Å². The highest BCUT2D eigenvalue weighted by atomic mass is 35.5. The van der Waals surface area contributed by atoms with Gasteiger partial charge in [0, 0.05) is 49.4 Å². The molecular formula is C22H18Cl2F3N3O2. The van der Waals surface area contributed by atoms with Gasteiger partial charge in [-0.2, -0.15) is 13.2 Å². The molecule has 0 spiro atoms. The van der Waals surface area contributed by atoms with E-state index in [4.69, 9.17) is 27.7 Å². The van der Waals surface area contributed by atoms with Crippen molar-refractivity contribution in [2.45, 2.75) is 12.7 Å². The summed E-state index contributed by atoms with van der Waals surface area (Å²) in [5.74, 6) is 0.0852. The Morgan fingerprint density at radius 2 is 1.78 bits per heavy atom. The van der Waals surface area contributed by atoms with Crippen LogP contribution in [0.25, 0.3) is 11.3 Å². The summed E-state index contributed by atoms with van der Waals surface area (Å²) in [7, 11) is 0. The van der Waals surface area contributed by atoms with Crippen LogP contribution in [0.1, 0.15) is 21.6 Å². The Kier molecular flexibility index (Phi) is 6.46.